The Morgan fingerprint density at radius 1 is 1.37 bits per heavy atom. The van der Waals surface area contributed by atoms with Crippen molar-refractivity contribution in [3.63, 3.8) is 0 Å². The average Bonchev–Trinajstić information content (AvgIpc) is 2.42. The third kappa shape index (κ3) is 3.60. The zero-order valence-electron chi connectivity index (χ0n) is 11.5. The second-order valence-electron chi connectivity index (χ2n) is 5.35. The molecule has 0 saturated carbocycles. The molecule has 0 radical (unpaired) electrons. The summed E-state index contributed by atoms with van der Waals surface area (Å²) in [5, 5.41) is 8.55. The minimum atomic E-state index is 0.0204. The Bertz CT molecular complexity index is 507. The predicted molar refractivity (Wildman–Crippen MR) is 76.2 cm³/mol. The number of unbranched alkanes of at least 4 members (excludes halogenated alkanes) is 1. The SMILES string of the molecule is CC1CCN(c2ccc(=O)n(CCCC#N)c2)CC1. The number of pyridine rings is 1. The van der Waals surface area contributed by atoms with Crippen LogP contribution < -0.4 is 10.5 Å². The van der Waals surface area contributed by atoms with E-state index in [4.69, 9.17) is 5.26 Å². The van der Waals surface area contributed by atoms with Crippen molar-refractivity contribution < 1.29 is 0 Å². The van der Waals surface area contributed by atoms with Crippen molar-refractivity contribution in [3.05, 3.63) is 28.7 Å². The first kappa shape index (κ1) is 13.7. The maximum atomic E-state index is 11.8. The summed E-state index contributed by atoms with van der Waals surface area (Å²) in [6.07, 6.45) is 5.60. The van der Waals surface area contributed by atoms with Crippen molar-refractivity contribution in [1.29, 1.82) is 5.26 Å². The van der Waals surface area contributed by atoms with E-state index in [-0.39, 0.29) is 5.56 Å². The van der Waals surface area contributed by atoms with Gasteiger partial charge in [-0.2, -0.15) is 5.26 Å². The molecule has 4 heteroatoms. The number of nitriles is 1. The van der Waals surface area contributed by atoms with Crippen LogP contribution in [-0.4, -0.2) is 17.7 Å². The average molecular weight is 259 g/mol. The normalized spacial score (nSPS) is 16.3. The van der Waals surface area contributed by atoms with Crippen LogP contribution in [0.5, 0.6) is 0 Å². The van der Waals surface area contributed by atoms with E-state index < -0.39 is 0 Å². The summed E-state index contributed by atoms with van der Waals surface area (Å²) in [6.45, 7) is 5.06. The molecule has 1 aliphatic rings. The van der Waals surface area contributed by atoms with Gasteiger partial charge in [-0.15, -0.1) is 0 Å². The van der Waals surface area contributed by atoms with Crippen LogP contribution in [0.3, 0.4) is 0 Å². The van der Waals surface area contributed by atoms with E-state index in [0.29, 0.717) is 13.0 Å². The minimum absolute atomic E-state index is 0.0204. The van der Waals surface area contributed by atoms with E-state index in [1.807, 2.05) is 12.3 Å². The van der Waals surface area contributed by atoms with Gasteiger partial charge in [-0.1, -0.05) is 6.92 Å². The molecular formula is C15H21N3O. The van der Waals surface area contributed by atoms with E-state index in [0.717, 1.165) is 31.1 Å². The maximum absolute atomic E-state index is 11.8. The fourth-order valence-corrected chi connectivity index (χ4v) is 2.48. The lowest BCUT2D eigenvalue weighted by atomic mass is 9.99. The van der Waals surface area contributed by atoms with E-state index in [1.165, 1.54) is 12.8 Å². The molecule has 0 spiro atoms. The summed E-state index contributed by atoms with van der Waals surface area (Å²) >= 11 is 0. The third-order valence-corrected chi connectivity index (χ3v) is 3.80. The van der Waals surface area contributed by atoms with Crippen molar-refractivity contribution in [2.24, 2.45) is 5.92 Å². The number of nitrogens with zero attached hydrogens (tertiary/aromatic N) is 3. The van der Waals surface area contributed by atoms with E-state index in [1.54, 1.807) is 10.6 Å². The topological polar surface area (TPSA) is 49.0 Å². The molecule has 0 atom stereocenters. The number of hydrogen-bond acceptors (Lipinski definition) is 3. The highest BCUT2D eigenvalue weighted by Crippen LogP contribution is 2.21. The van der Waals surface area contributed by atoms with Crippen LogP contribution in [0.4, 0.5) is 5.69 Å². The van der Waals surface area contributed by atoms with Gasteiger partial charge in [-0.3, -0.25) is 4.79 Å². The lowest BCUT2D eigenvalue weighted by Gasteiger charge is -2.32. The molecule has 0 bridgehead atoms. The van der Waals surface area contributed by atoms with Crippen LogP contribution in [0.1, 0.15) is 32.6 Å². The Balaban J connectivity index is 2.07. The van der Waals surface area contributed by atoms with Gasteiger partial charge in [-0.25, -0.2) is 0 Å². The Labute approximate surface area is 114 Å². The first-order chi connectivity index (χ1) is 9.20. The van der Waals surface area contributed by atoms with Crippen molar-refractivity contribution in [3.8, 4) is 6.07 Å². The molecule has 1 fully saturated rings. The zero-order chi connectivity index (χ0) is 13.7. The summed E-state index contributed by atoms with van der Waals surface area (Å²) in [7, 11) is 0. The van der Waals surface area contributed by atoms with Crippen LogP contribution in [0.25, 0.3) is 0 Å². The maximum Gasteiger partial charge on any atom is 0.250 e. The molecule has 1 saturated heterocycles. The van der Waals surface area contributed by atoms with Gasteiger partial charge in [-0.05, 0) is 31.2 Å². The highest BCUT2D eigenvalue weighted by Gasteiger charge is 2.16. The molecule has 2 rings (SSSR count). The zero-order valence-corrected chi connectivity index (χ0v) is 11.5. The Morgan fingerprint density at radius 3 is 2.79 bits per heavy atom. The Hall–Kier alpha value is -1.76. The second kappa shape index (κ2) is 6.42. The van der Waals surface area contributed by atoms with Crippen LogP contribution in [0.2, 0.25) is 0 Å². The molecule has 1 aromatic rings. The number of aryl methyl sites for hydroxylation is 1. The number of piperidine rings is 1. The molecular weight excluding hydrogens is 238 g/mol. The number of hydrogen-bond donors (Lipinski definition) is 0. The van der Waals surface area contributed by atoms with E-state index in [2.05, 4.69) is 17.9 Å². The molecule has 0 amide bonds. The summed E-state index contributed by atoms with van der Waals surface area (Å²) in [5.41, 5.74) is 1.15. The van der Waals surface area contributed by atoms with E-state index >= 15 is 0 Å². The largest absolute Gasteiger partial charge is 0.370 e. The van der Waals surface area contributed by atoms with Gasteiger partial charge in [0.2, 0.25) is 0 Å². The molecule has 0 aromatic carbocycles. The number of aromatic nitrogens is 1. The first-order valence-electron chi connectivity index (χ1n) is 7.03. The van der Waals surface area contributed by atoms with E-state index in [9.17, 15) is 4.79 Å². The number of anilines is 1. The van der Waals surface area contributed by atoms with Crippen molar-refractivity contribution in [1.82, 2.24) is 4.57 Å². The van der Waals surface area contributed by atoms with Crippen molar-refractivity contribution >= 4 is 5.69 Å². The summed E-state index contributed by atoms with van der Waals surface area (Å²) < 4.78 is 1.73. The summed E-state index contributed by atoms with van der Waals surface area (Å²) in [5.74, 6) is 0.804. The fraction of sp³-hybridized carbons (Fsp3) is 0.600. The molecule has 19 heavy (non-hydrogen) atoms. The van der Waals surface area contributed by atoms with Gasteiger partial charge < -0.3 is 9.47 Å². The van der Waals surface area contributed by atoms with Crippen LogP contribution >= 0.6 is 0 Å². The monoisotopic (exact) mass is 259 g/mol. The Kier molecular flexibility index (Phi) is 4.62. The molecule has 102 valence electrons. The first-order valence-corrected chi connectivity index (χ1v) is 7.03. The lowest BCUT2D eigenvalue weighted by molar-refractivity contribution is 0.437. The standard InChI is InChI=1S/C15H21N3O/c1-13-6-10-17(11-7-13)14-4-5-15(19)18(12-14)9-3-2-8-16/h4-5,12-13H,2-3,6-7,9-11H2,1H3. The fourth-order valence-electron chi connectivity index (χ4n) is 2.48. The molecule has 4 nitrogen and oxygen atoms in total. The molecule has 0 N–H and O–H groups in total. The highest BCUT2D eigenvalue weighted by molar-refractivity contribution is 5.44. The molecule has 1 aliphatic heterocycles. The van der Waals surface area contributed by atoms with Gasteiger partial charge in [0.1, 0.15) is 0 Å². The quantitative estimate of drug-likeness (QED) is 0.780. The summed E-state index contributed by atoms with van der Waals surface area (Å²) in [6, 6.07) is 5.67. The Morgan fingerprint density at radius 2 is 2.11 bits per heavy atom. The van der Waals surface area contributed by atoms with Crippen LogP contribution in [-0.2, 0) is 6.54 Å². The molecule has 1 aromatic heterocycles. The minimum Gasteiger partial charge on any atom is -0.370 e. The summed E-state index contributed by atoms with van der Waals surface area (Å²) in [4.78, 5) is 14.1. The smallest absolute Gasteiger partial charge is 0.250 e. The van der Waals surface area contributed by atoms with Gasteiger partial charge in [0, 0.05) is 38.3 Å². The predicted octanol–water partition coefficient (Wildman–Crippen LogP) is 2.39. The van der Waals surface area contributed by atoms with Crippen molar-refractivity contribution in [2.75, 3.05) is 18.0 Å². The van der Waals surface area contributed by atoms with Crippen molar-refractivity contribution in [2.45, 2.75) is 39.2 Å². The van der Waals surface area contributed by atoms with Gasteiger partial charge in [0.15, 0.2) is 0 Å². The molecule has 0 aliphatic carbocycles. The van der Waals surface area contributed by atoms with Gasteiger partial charge in [0.05, 0.1) is 11.8 Å². The van der Waals surface area contributed by atoms with Crippen LogP contribution in [0, 0.1) is 17.2 Å². The van der Waals surface area contributed by atoms with Gasteiger partial charge in [0.25, 0.3) is 5.56 Å². The highest BCUT2D eigenvalue weighted by atomic mass is 16.1. The molecule has 2 heterocycles. The number of rotatable bonds is 4. The lowest BCUT2D eigenvalue weighted by Crippen LogP contribution is -2.33. The van der Waals surface area contributed by atoms with Crippen LogP contribution in [0.15, 0.2) is 23.1 Å². The second-order valence-corrected chi connectivity index (χ2v) is 5.35. The van der Waals surface area contributed by atoms with Gasteiger partial charge >= 0.3 is 0 Å². The molecule has 0 unspecified atom stereocenters. The third-order valence-electron chi connectivity index (χ3n) is 3.80.